The average molecular weight is 371 g/mol. The van der Waals surface area contributed by atoms with E-state index in [1.807, 2.05) is 45.2 Å². The Morgan fingerprint density at radius 2 is 1.19 bits per heavy atom. The van der Waals surface area contributed by atoms with E-state index in [2.05, 4.69) is 25.3 Å². The van der Waals surface area contributed by atoms with Crippen molar-refractivity contribution in [1.29, 1.82) is 0 Å². The first-order valence-electron chi connectivity index (χ1n) is 8.60. The number of carbonyl (C=O) groups is 2. The molecule has 1 aliphatic rings. The minimum Gasteiger partial charge on any atom is -0.334 e. The lowest BCUT2D eigenvalue weighted by molar-refractivity contribution is 0.0508. The first-order valence-corrected chi connectivity index (χ1v) is 9.01. The molecule has 26 heavy (non-hydrogen) atoms. The second-order valence-electron chi connectivity index (χ2n) is 8.24. The van der Waals surface area contributed by atoms with Crippen LogP contribution in [0, 0.1) is 4.64 Å². The van der Waals surface area contributed by atoms with E-state index in [4.69, 9.17) is 12.2 Å². The molecule has 0 fully saturated rings. The molecule has 0 radical (unpaired) electrons. The number of nitrogens with zero attached hydrogens (tertiary/aromatic N) is 2. The monoisotopic (exact) mass is 370 g/mol. The van der Waals surface area contributed by atoms with Crippen molar-refractivity contribution in [3.05, 3.63) is 64.4 Å². The number of pyridine rings is 1. The summed E-state index contributed by atoms with van der Waals surface area (Å²) in [6, 6.07) is 12.8. The van der Waals surface area contributed by atoms with E-state index in [1.165, 1.54) is 4.90 Å². The molecular weight excluding hydrogens is 344 g/mol. The van der Waals surface area contributed by atoms with Crippen molar-refractivity contribution < 1.29 is 9.59 Å². The molecule has 0 N–H and O–H groups in total. The highest BCUT2D eigenvalue weighted by Gasteiger charge is 2.41. The summed E-state index contributed by atoms with van der Waals surface area (Å²) in [4.78, 5) is 25.2. The fourth-order valence-electron chi connectivity index (χ4n) is 2.78. The molecule has 4 nitrogen and oxygen atoms in total. The lowest BCUT2D eigenvalue weighted by Gasteiger charge is -2.29. The normalized spacial score (nSPS) is 14.0. The van der Waals surface area contributed by atoms with Gasteiger partial charge in [-0.15, -0.1) is 0 Å². The Kier molecular flexibility index (Phi) is 5.52. The van der Waals surface area contributed by atoms with Gasteiger partial charge in [0.1, 0.15) is 4.64 Å². The van der Waals surface area contributed by atoms with Gasteiger partial charge in [0, 0.05) is 17.3 Å². The highest BCUT2D eigenvalue weighted by Crippen LogP contribution is 2.28. The Morgan fingerprint density at radius 1 is 0.731 bits per heavy atom. The molecule has 3 rings (SSSR count). The summed E-state index contributed by atoms with van der Waals surface area (Å²) in [5.74, 6) is -0.383. The van der Waals surface area contributed by atoms with Crippen molar-refractivity contribution in [3.8, 4) is 0 Å². The highest BCUT2D eigenvalue weighted by molar-refractivity contribution is 7.71. The standard InChI is InChI=1S/C12H13NO2.C9H13NS/c1-12(2,3)13-10(14)8-6-4-5-7-9(8)11(13)15;1-9(2,3)10-7-5-4-6-8(10)11/h4-7H,1-3H3;4-7H,1-3H3. The number of aromatic nitrogens is 1. The fourth-order valence-corrected chi connectivity index (χ4v) is 3.19. The molecule has 0 atom stereocenters. The van der Waals surface area contributed by atoms with Crippen LogP contribution in [0.15, 0.2) is 48.7 Å². The molecule has 2 amide bonds. The first kappa shape index (κ1) is 20.0. The zero-order valence-corrected chi connectivity index (χ0v) is 17.1. The van der Waals surface area contributed by atoms with Gasteiger partial charge >= 0.3 is 0 Å². The van der Waals surface area contributed by atoms with E-state index in [0.717, 1.165) is 4.64 Å². The number of rotatable bonds is 0. The third-order valence-corrected chi connectivity index (χ3v) is 4.34. The second-order valence-corrected chi connectivity index (χ2v) is 8.66. The number of imide groups is 1. The number of hydrogen-bond donors (Lipinski definition) is 0. The maximum absolute atomic E-state index is 12.0. The maximum Gasteiger partial charge on any atom is 0.262 e. The summed E-state index contributed by atoms with van der Waals surface area (Å²) in [6.45, 7) is 12.0. The quantitative estimate of drug-likeness (QED) is 0.481. The van der Waals surface area contributed by atoms with Crippen molar-refractivity contribution in [2.75, 3.05) is 0 Å². The molecule has 0 bridgehead atoms. The second kappa shape index (κ2) is 7.16. The zero-order valence-electron chi connectivity index (χ0n) is 16.2. The number of carbonyl (C=O) groups excluding carboxylic acids is 2. The molecule has 0 saturated carbocycles. The third kappa shape index (κ3) is 4.10. The van der Waals surface area contributed by atoms with Gasteiger partial charge in [-0.2, -0.15) is 0 Å². The minimum atomic E-state index is -0.465. The van der Waals surface area contributed by atoms with Crippen LogP contribution in [-0.2, 0) is 5.54 Å². The molecule has 1 aliphatic heterocycles. The summed E-state index contributed by atoms with van der Waals surface area (Å²) in [5, 5.41) is 0. The van der Waals surface area contributed by atoms with E-state index in [1.54, 1.807) is 24.3 Å². The van der Waals surface area contributed by atoms with E-state index in [-0.39, 0.29) is 17.4 Å². The first-order chi connectivity index (χ1) is 11.9. The summed E-state index contributed by atoms with van der Waals surface area (Å²) in [7, 11) is 0. The van der Waals surface area contributed by atoms with Crippen LogP contribution in [0.5, 0.6) is 0 Å². The van der Waals surface area contributed by atoms with Gasteiger partial charge in [-0.25, -0.2) is 0 Å². The lowest BCUT2D eigenvalue weighted by Crippen LogP contribution is -2.45. The van der Waals surface area contributed by atoms with Crippen LogP contribution in [-0.4, -0.2) is 26.8 Å². The Bertz CT molecular complexity index is 851. The van der Waals surface area contributed by atoms with E-state index < -0.39 is 5.54 Å². The van der Waals surface area contributed by atoms with Crippen LogP contribution in [0.4, 0.5) is 0 Å². The van der Waals surface area contributed by atoms with Gasteiger partial charge in [0.05, 0.1) is 11.1 Å². The predicted molar refractivity (Wildman–Crippen MR) is 107 cm³/mol. The van der Waals surface area contributed by atoms with Crippen molar-refractivity contribution in [2.24, 2.45) is 0 Å². The molecule has 2 aromatic rings. The molecule has 0 spiro atoms. The molecule has 1 aromatic heterocycles. The predicted octanol–water partition coefficient (Wildman–Crippen LogP) is 5.05. The zero-order chi connectivity index (χ0) is 19.7. The van der Waals surface area contributed by atoms with Crippen LogP contribution in [0.3, 0.4) is 0 Å². The van der Waals surface area contributed by atoms with Crippen LogP contribution in [0.2, 0.25) is 0 Å². The third-order valence-electron chi connectivity index (χ3n) is 4.01. The van der Waals surface area contributed by atoms with Crippen molar-refractivity contribution in [3.63, 3.8) is 0 Å². The van der Waals surface area contributed by atoms with Crippen molar-refractivity contribution >= 4 is 24.0 Å². The topological polar surface area (TPSA) is 42.3 Å². The van der Waals surface area contributed by atoms with Crippen LogP contribution in [0.25, 0.3) is 0 Å². The van der Waals surface area contributed by atoms with Crippen LogP contribution >= 0.6 is 12.2 Å². The summed E-state index contributed by atoms with van der Waals surface area (Å²) in [5.41, 5.74) is 0.653. The Hall–Kier alpha value is -2.27. The average Bonchev–Trinajstić information content (AvgIpc) is 2.79. The Morgan fingerprint density at radius 3 is 1.54 bits per heavy atom. The molecule has 0 aliphatic carbocycles. The smallest absolute Gasteiger partial charge is 0.262 e. The minimum absolute atomic E-state index is 0.0956. The van der Waals surface area contributed by atoms with Crippen molar-refractivity contribution in [1.82, 2.24) is 9.47 Å². The van der Waals surface area contributed by atoms with Gasteiger partial charge < -0.3 is 4.57 Å². The molecule has 2 heterocycles. The SMILES string of the molecule is CC(C)(C)N1C(=O)c2ccccc2C1=O.CC(C)(C)n1ccccc1=S. The summed E-state index contributed by atoms with van der Waals surface area (Å²) < 4.78 is 2.97. The number of benzene rings is 1. The number of fused-ring (bicyclic) bond motifs is 1. The fraction of sp³-hybridized carbons (Fsp3) is 0.381. The Balaban J connectivity index is 0.000000197. The molecular formula is C21H26N2O2S. The molecule has 5 heteroatoms. The molecule has 138 valence electrons. The summed E-state index contributed by atoms with van der Waals surface area (Å²) >= 11 is 5.16. The maximum atomic E-state index is 12.0. The largest absolute Gasteiger partial charge is 0.334 e. The number of hydrogen-bond acceptors (Lipinski definition) is 3. The number of amides is 2. The van der Waals surface area contributed by atoms with Crippen LogP contribution < -0.4 is 0 Å². The van der Waals surface area contributed by atoms with E-state index in [0.29, 0.717) is 11.1 Å². The van der Waals surface area contributed by atoms with E-state index in [9.17, 15) is 9.59 Å². The highest BCUT2D eigenvalue weighted by atomic mass is 32.1. The van der Waals surface area contributed by atoms with Crippen molar-refractivity contribution in [2.45, 2.75) is 52.6 Å². The molecule has 1 aromatic carbocycles. The van der Waals surface area contributed by atoms with Gasteiger partial charge in [-0.1, -0.05) is 30.4 Å². The lowest BCUT2D eigenvalue weighted by atomic mass is 10.1. The van der Waals surface area contributed by atoms with Gasteiger partial charge in [0.15, 0.2) is 0 Å². The van der Waals surface area contributed by atoms with Gasteiger partial charge in [-0.05, 0) is 65.8 Å². The van der Waals surface area contributed by atoms with E-state index >= 15 is 0 Å². The molecule has 0 unspecified atom stereocenters. The van der Waals surface area contributed by atoms with Gasteiger partial charge in [-0.3, -0.25) is 14.5 Å². The van der Waals surface area contributed by atoms with Gasteiger partial charge in [0.25, 0.3) is 11.8 Å². The Labute approximate surface area is 160 Å². The summed E-state index contributed by atoms with van der Waals surface area (Å²) in [6.07, 6.45) is 2.02. The van der Waals surface area contributed by atoms with Crippen LogP contribution in [0.1, 0.15) is 62.3 Å². The van der Waals surface area contributed by atoms with Gasteiger partial charge in [0.2, 0.25) is 0 Å². The molecule has 0 saturated heterocycles.